The highest BCUT2D eigenvalue weighted by Crippen LogP contribution is 2.36. The molecule has 1 amide bonds. The van der Waals surface area contributed by atoms with E-state index in [-0.39, 0.29) is 12.4 Å². The normalized spacial score (nSPS) is 17.9. The molecule has 0 spiro atoms. The lowest BCUT2D eigenvalue weighted by Gasteiger charge is -2.10. The van der Waals surface area contributed by atoms with Gasteiger partial charge in [0, 0.05) is 17.8 Å². The summed E-state index contributed by atoms with van der Waals surface area (Å²) in [4.78, 5) is 14.3. The van der Waals surface area contributed by atoms with Crippen molar-refractivity contribution in [3.63, 3.8) is 0 Å². The van der Waals surface area contributed by atoms with E-state index in [1.165, 1.54) is 7.11 Å². The van der Waals surface area contributed by atoms with E-state index in [4.69, 9.17) is 4.74 Å². The summed E-state index contributed by atoms with van der Waals surface area (Å²) in [5.74, 6) is 0.0683. The Hall–Kier alpha value is -1.99. The molecule has 1 aromatic rings. The summed E-state index contributed by atoms with van der Waals surface area (Å²) < 4.78 is 46.7. The third kappa shape index (κ3) is 2.31. The topological polar surface area (TPSA) is 60.5 Å². The van der Waals surface area contributed by atoms with E-state index in [9.17, 15) is 18.0 Å². The van der Waals surface area contributed by atoms with E-state index in [2.05, 4.69) is 15.0 Å². The van der Waals surface area contributed by atoms with Crippen LogP contribution in [-0.4, -0.2) is 24.8 Å². The molecule has 98 valence electrons. The zero-order valence-corrected chi connectivity index (χ0v) is 9.25. The molecule has 0 aromatic carbocycles. The number of alkyl halides is 3. The zero-order valence-electron chi connectivity index (χ0n) is 9.25. The van der Waals surface area contributed by atoms with Crippen molar-refractivity contribution < 1.29 is 27.4 Å². The molecule has 8 heteroatoms. The number of alkyl carbamates (subject to hydrolysis) is 1. The van der Waals surface area contributed by atoms with E-state index < -0.39 is 24.0 Å². The second-order valence-electron chi connectivity index (χ2n) is 3.60. The Morgan fingerprint density at radius 1 is 1.61 bits per heavy atom. The maximum atomic E-state index is 12.4. The Kier molecular flexibility index (Phi) is 3.02. The molecular weight excluding hydrogens is 253 g/mol. The molecule has 1 aliphatic heterocycles. The highest BCUT2D eigenvalue weighted by molar-refractivity contribution is 5.68. The second-order valence-corrected chi connectivity index (χ2v) is 3.60. The number of pyridine rings is 1. The average molecular weight is 262 g/mol. The molecule has 5 nitrogen and oxygen atoms in total. The SMILES string of the molecule is COC(=O)N[C@H]1COc2cc(C(F)(F)F)ncc21. The summed E-state index contributed by atoms with van der Waals surface area (Å²) in [5, 5.41) is 2.44. The molecule has 1 N–H and O–H groups in total. The maximum absolute atomic E-state index is 12.4. The fourth-order valence-electron chi connectivity index (χ4n) is 1.57. The number of hydrogen-bond acceptors (Lipinski definition) is 4. The number of ether oxygens (including phenoxy) is 2. The number of nitrogens with zero attached hydrogens (tertiary/aromatic N) is 1. The standard InChI is InChI=1S/C10H9F3N2O3/c1-17-9(16)15-6-4-18-7-2-8(10(11,12)13)14-3-5(6)7/h2-3,6H,4H2,1H3,(H,15,16)/t6-/m0/s1. The van der Waals surface area contributed by atoms with E-state index in [1.54, 1.807) is 0 Å². The van der Waals surface area contributed by atoms with Crippen LogP contribution in [0.1, 0.15) is 17.3 Å². The first kappa shape index (κ1) is 12.5. The lowest BCUT2D eigenvalue weighted by molar-refractivity contribution is -0.141. The number of halogens is 3. The molecule has 18 heavy (non-hydrogen) atoms. The summed E-state index contributed by atoms with van der Waals surface area (Å²) in [6.45, 7) is 0.0490. The van der Waals surface area contributed by atoms with Gasteiger partial charge in [0.2, 0.25) is 0 Å². The van der Waals surface area contributed by atoms with Crippen LogP contribution < -0.4 is 10.1 Å². The minimum Gasteiger partial charge on any atom is -0.491 e. The van der Waals surface area contributed by atoms with Gasteiger partial charge in [-0.05, 0) is 0 Å². The Morgan fingerprint density at radius 3 is 2.94 bits per heavy atom. The number of methoxy groups -OCH3 is 1. The van der Waals surface area contributed by atoms with Crippen molar-refractivity contribution in [2.24, 2.45) is 0 Å². The number of amides is 1. The second kappa shape index (κ2) is 4.35. The molecule has 0 saturated heterocycles. The van der Waals surface area contributed by atoms with Gasteiger partial charge in [0.05, 0.1) is 13.2 Å². The Bertz CT molecular complexity index is 476. The molecule has 1 aromatic heterocycles. The van der Waals surface area contributed by atoms with Crippen molar-refractivity contribution >= 4 is 6.09 Å². The maximum Gasteiger partial charge on any atom is 0.433 e. The van der Waals surface area contributed by atoms with Crippen molar-refractivity contribution in [2.75, 3.05) is 13.7 Å². The van der Waals surface area contributed by atoms with Crippen LogP contribution >= 0.6 is 0 Å². The van der Waals surface area contributed by atoms with E-state index in [0.717, 1.165) is 12.3 Å². The van der Waals surface area contributed by atoms with Gasteiger partial charge >= 0.3 is 12.3 Å². The van der Waals surface area contributed by atoms with Crippen molar-refractivity contribution in [1.29, 1.82) is 0 Å². The van der Waals surface area contributed by atoms with Crippen LogP contribution in [0.4, 0.5) is 18.0 Å². The third-order valence-corrected chi connectivity index (χ3v) is 2.44. The van der Waals surface area contributed by atoms with E-state index in [1.807, 2.05) is 0 Å². The largest absolute Gasteiger partial charge is 0.491 e. The van der Waals surface area contributed by atoms with Crippen molar-refractivity contribution in [1.82, 2.24) is 10.3 Å². The van der Waals surface area contributed by atoms with Crippen molar-refractivity contribution in [2.45, 2.75) is 12.2 Å². The zero-order chi connectivity index (χ0) is 13.3. The third-order valence-electron chi connectivity index (χ3n) is 2.44. The number of hydrogen-bond donors (Lipinski definition) is 1. The number of carbonyl (C=O) groups excluding carboxylic acids is 1. The van der Waals surface area contributed by atoms with E-state index in [0.29, 0.717) is 5.56 Å². The Morgan fingerprint density at radius 2 is 2.33 bits per heavy atom. The van der Waals surface area contributed by atoms with Gasteiger partial charge in [0.1, 0.15) is 18.1 Å². The number of fused-ring (bicyclic) bond motifs is 1. The average Bonchev–Trinajstić information content (AvgIpc) is 2.70. The lowest BCUT2D eigenvalue weighted by Crippen LogP contribution is -2.29. The van der Waals surface area contributed by atoms with Gasteiger partial charge < -0.3 is 14.8 Å². The molecular formula is C10H9F3N2O3. The minimum atomic E-state index is -4.52. The first-order chi connectivity index (χ1) is 8.41. The van der Waals surface area contributed by atoms with Gasteiger partial charge in [0.15, 0.2) is 0 Å². The van der Waals surface area contributed by atoms with Crippen LogP contribution in [0.5, 0.6) is 5.75 Å². The van der Waals surface area contributed by atoms with Crippen LogP contribution in [0.15, 0.2) is 12.3 Å². The predicted octanol–water partition coefficient (Wildman–Crippen LogP) is 1.89. The van der Waals surface area contributed by atoms with Gasteiger partial charge in [-0.15, -0.1) is 0 Å². The smallest absolute Gasteiger partial charge is 0.433 e. The molecule has 0 aliphatic carbocycles. The summed E-state index contributed by atoms with van der Waals surface area (Å²) in [6, 6.07) is 0.260. The van der Waals surface area contributed by atoms with Gasteiger partial charge in [-0.1, -0.05) is 0 Å². The fraction of sp³-hybridized carbons (Fsp3) is 0.400. The Labute approximate surface area is 99.9 Å². The fourth-order valence-corrected chi connectivity index (χ4v) is 1.57. The van der Waals surface area contributed by atoms with E-state index >= 15 is 0 Å². The monoisotopic (exact) mass is 262 g/mol. The van der Waals surface area contributed by atoms with Gasteiger partial charge in [-0.2, -0.15) is 13.2 Å². The molecule has 2 heterocycles. The summed E-state index contributed by atoms with van der Waals surface area (Å²) in [7, 11) is 1.19. The molecule has 0 bridgehead atoms. The predicted molar refractivity (Wildman–Crippen MR) is 53.0 cm³/mol. The van der Waals surface area contributed by atoms with Crippen LogP contribution in [-0.2, 0) is 10.9 Å². The first-order valence-corrected chi connectivity index (χ1v) is 4.96. The quantitative estimate of drug-likeness (QED) is 0.839. The summed E-state index contributed by atoms with van der Waals surface area (Å²) >= 11 is 0. The van der Waals surface area contributed by atoms with Crippen molar-refractivity contribution in [3.8, 4) is 5.75 Å². The number of carbonyl (C=O) groups is 1. The van der Waals surface area contributed by atoms with Crippen molar-refractivity contribution in [3.05, 3.63) is 23.5 Å². The highest BCUT2D eigenvalue weighted by atomic mass is 19.4. The van der Waals surface area contributed by atoms with Crippen LogP contribution in [0.3, 0.4) is 0 Å². The lowest BCUT2D eigenvalue weighted by atomic mass is 10.1. The molecule has 1 atom stereocenters. The molecule has 1 aliphatic rings. The first-order valence-electron chi connectivity index (χ1n) is 4.96. The minimum absolute atomic E-state index is 0.0490. The highest BCUT2D eigenvalue weighted by Gasteiger charge is 2.35. The molecule has 2 rings (SSSR count). The number of rotatable bonds is 1. The number of nitrogens with one attached hydrogen (secondary N) is 1. The van der Waals surface area contributed by atoms with Crippen LogP contribution in [0.25, 0.3) is 0 Å². The van der Waals surface area contributed by atoms with Gasteiger partial charge in [-0.3, -0.25) is 4.98 Å². The van der Waals surface area contributed by atoms with Gasteiger partial charge in [-0.25, -0.2) is 4.79 Å². The summed E-state index contributed by atoms with van der Waals surface area (Å²) in [5.41, 5.74) is -0.631. The van der Waals surface area contributed by atoms with Gasteiger partial charge in [0.25, 0.3) is 0 Å². The Balaban J connectivity index is 2.23. The molecule has 0 saturated carbocycles. The molecule has 0 unspecified atom stereocenters. The van der Waals surface area contributed by atoms with Crippen LogP contribution in [0.2, 0.25) is 0 Å². The van der Waals surface area contributed by atoms with Crippen LogP contribution in [0, 0.1) is 0 Å². The number of aromatic nitrogens is 1. The molecule has 0 fully saturated rings. The summed E-state index contributed by atoms with van der Waals surface area (Å²) in [6.07, 6.45) is -4.16. The molecule has 0 radical (unpaired) electrons.